The van der Waals surface area contributed by atoms with Crippen molar-refractivity contribution in [2.45, 2.75) is 76.9 Å². The van der Waals surface area contributed by atoms with Crippen LogP contribution in [0.4, 0.5) is 4.39 Å². The SMILES string of the molecule is COc1cc(-c2ccc(C3CCc4ccc([C@H](C5CC5)[C@H](C)C(=O)O)cc4O3)cc2CN2CCCC3(CC3)C2)c(F)cn1. The van der Waals surface area contributed by atoms with Gasteiger partial charge < -0.3 is 14.6 Å². The minimum Gasteiger partial charge on any atom is -0.485 e. The highest BCUT2D eigenvalue weighted by Gasteiger charge is 2.45. The number of hydrogen-bond acceptors (Lipinski definition) is 5. The van der Waals surface area contributed by atoms with Gasteiger partial charge in [-0.15, -0.1) is 0 Å². The molecule has 1 saturated heterocycles. The number of carboxylic acid groups (broad SMARTS) is 1. The number of fused-ring (bicyclic) bond motifs is 1. The summed E-state index contributed by atoms with van der Waals surface area (Å²) in [5, 5.41) is 9.78. The zero-order chi connectivity index (χ0) is 29.7. The van der Waals surface area contributed by atoms with Gasteiger partial charge in [0.2, 0.25) is 5.88 Å². The second-order valence-electron chi connectivity index (χ2n) is 13.4. The van der Waals surface area contributed by atoms with E-state index in [4.69, 9.17) is 9.47 Å². The van der Waals surface area contributed by atoms with Crippen molar-refractivity contribution >= 4 is 5.97 Å². The second kappa shape index (κ2) is 11.2. The lowest BCUT2D eigenvalue weighted by molar-refractivity contribution is -0.142. The first-order chi connectivity index (χ1) is 20.8. The third-order valence-electron chi connectivity index (χ3n) is 10.4. The van der Waals surface area contributed by atoms with Gasteiger partial charge in [-0.25, -0.2) is 9.37 Å². The number of piperidine rings is 1. The van der Waals surface area contributed by atoms with Crippen LogP contribution in [0.5, 0.6) is 11.6 Å². The number of hydrogen-bond donors (Lipinski definition) is 1. The van der Waals surface area contributed by atoms with Crippen LogP contribution in [0.2, 0.25) is 0 Å². The number of benzene rings is 2. The Morgan fingerprint density at radius 2 is 1.98 bits per heavy atom. The van der Waals surface area contributed by atoms with Gasteiger partial charge >= 0.3 is 5.97 Å². The Kier molecular flexibility index (Phi) is 7.40. The highest BCUT2D eigenvalue weighted by atomic mass is 19.1. The number of carbonyl (C=O) groups is 1. The zero-order valence-electron chi connectivity index (χ0n) is 25.2. The predicted molar refractivity (Wildman–Crippen MR) is 163 cm³/mol. The molecular weight excluding hydrogens is 543 g/mol. The summed E-state index contributed by atoms with van der Waals surface area (Å²) < 4.78 is 27.2. The number of methoxy groups -OCH3 is 1. The molecule has 2 aromatic carbocycles. The molecule has 1 unspecified atom stereocenters. The van der Waals surface area contributed by atoms with Crippen LogP contribution in [0.15, 0.2) is 48.7 Å². The molecule has 3 heterocycles. The second-order valence-corrected chi connectivity index (χ2v) is 13.4. The van der Waals surface area contributed by atoms with Crippen molar-refractivity contribution in [2.75, 3.05) is 20.2 Å². The Balaban J connectivity index is 1.20. The van der Waals surface area contributed by atoms with Crippen molar-refractivity contribution in [1.82, 2.24) is 9.88 Å². The molecule has 0 amide bonds. The van der Waals surface area contributed by atoms with Gasteiger partial charge in [0.15, 0.2) is 0 Å². The van der Waals surface area contributed by atoms with Crippen LogP contribution >= 0.6 is 0 Å². The smallest absolute Gasteiger partial charge is 0.306 e. The van der Waals surface area contributed by atoms with Crippen LogP contribution in [0.25, 0.3) is 11.1 Å². The normalized spacial score (nSPS) is 22.3. The van der Waals surface area contributed by atoms with Crippen molar-refractivity contribution in [3.05, 3.63) is 76.7 Å². The van der Waals surface area contributed by atoms with E-state index in [1.807, 2.05) is 13.0 Å². The maximum Gasteiger partial charge on any atom is 0.306 e. The summed E-state index contributed by atoms with van der Waals surface area (Å²) in [6.07, 6.45) is 10.2. The fourth-order valence-electron chi connectivity index (χ4n) is 7.62. The molecule has 0 bridgehead atoms. The van der Waals surface area contributed by atoms with E-state index in [1.54, 1.807) is 13.2 Å². The van der Waals surface area contributed by atoms with Gasteiger partial charge in [0.25, 0.3) is 0 Å². The van der Waals surface area contributed by atoms with Crippen molar-refractivity contribution in [2.24, 2.45) is 17.3 Å². The Hall–Kier alpha value is -3.45. The molecular formula is C36H41FN2O4. The number of aryl methyl sites for hydroxylation is 1. The molecule has 1 aromatic heterocycles. The lowest BCUT2D eigenvalue weighted by Gasteiger charge is -2.34. The number of nitrogens with zero attached hydrogens (tertiary/aromatic N) is 2. The van der Waals surface area contributed by atoms with Crippen LogP contribution in [0.1, 0.15) is 86.1 Å². The molecule has 4 aliphatic rings. The number of carboxylic acids is 1. The molecule has 2 saturated carbocycles. The summed E-state index contributed by atoms with van der Waals surface area (Å²) in [6, 6.07) is 14.4. The molecule has 7 rings (SSSR count). The quantitative estimate of drug-likeness (QED) is 0.280. The van der Waals surface area contributed by atoms with Crippen LogP contribution in [0, 0.1) is 23.1 Å². The van der Waals surface area contributed by atoms with Crippen LogP contribution in [-0.4, -0.2) is 41.2 Å². The molecule has 226 valence electrons. The molecule has 6 nitrogen and oxygen atoms in total. The molecule has 1 spiro atoms. The van der Waals surface area contributed by atoms with E-state index >= 15 is 4.39 Å². The molecule has 1 N–H and O–H groups in total. The molecule has 2 aliphatic carbocycles. The molecule has 0 radical (unpaired) electrons. The third kappa shape index (κ3) is 5.76. The van der Waals surface area contributed by atoms with E-state index in [2.05, 4.69) is 40.2 Å². The van der Waals surface area contributed by atoms with Crippen LogP contribution in [0.3, 0.4) is 0 Å². The topological polar surface area (TPSA) is 71.9 Å². The number of aliphatic carboxylic acids is 1. The molecule has 2 aliphatic heterocycles. The summed E-state index contributed by atoms with van der Waals surface area (Å²) in [5.74, 6) is 0.149. The minimum absolute atomic E-state index is 0.00390. The fraction of sp³-hybridized carbons (Fsp3) is 0.500. The van der Waals surface area contributed by atoms with E-state index in [9.17, 15) is 9.90 Å². The molecule has 3 atom stereocenters. The Bertz CT molecular complexity index is 1530. The van der Waals surface area contributed by atoms with E-state index in [-0.39, 0.29) is 17.8 Å². The minimum atomic E-state index is -0.745. The third-order valence-corrected chi connectivity index (χ3v) is 10.4. The highest BCUT2D eigenvalue weighted by Crippen LogP contribution is 2.52. The van der Waals surface area contributed by atoms with E-state index in [0.717, 1.165) is 73.3 Å². The number of likely N-dealkylation sites (tertiary alicyclic amines) is 1. The Labute approximate surface area is 253 Å². The summed E-state index contributed by atoms with van der Waals surface area (Å²) in [7, 11) is 1.55. The maximum absolute atomic E-state index is 15.2. The average molecular weight is 585 g/mol. The maximum atomic E-state index is 15.2. The Morgan fingerprint density at radius 3 is 2.72 bits per heavy atom. The summed E-state index contributed by atoms with van der Waals surface area (Å²) in [4.78, 5) is 18.5. The van der Waals surface area contributed by atoms with Gasteiger partial charge in [-0.3, -0.25) is 9.69 Å². The number of rotatable bonds is 9. The molecule has 43 heavy (non-hydrogen) atoms. The average Bonchev–Trinajstić information content (AvgIpc) is 3.96. The number of pyridine rings is 1. The van der Waals surface area contributed by atoms with Gasteiger partial charge in [-0.05, 0) is 109 Å². The van der Waals surface area contributed by atoms with Gasteiger partial charge in [-0.1, -0.05) is 37.3 Å². The molecule has 3 aromatic rings. The number of aromatic nitrogens is 1. The van der Waals surface area contributed by atoms with Gasteiger partial charge in [-0.2, -0.15) is 0 Å². The van der Waals surface area contributed by atoms with Crippen molar-refractivity contribution in [1.29, 1.82) is 0 Å². The molecule has 7 heteroatoms. The monoisotopic (exact) mass is 584 g/mol. The van der Waals surface area contributed by atoms with E-state index < -0.39 is 11.9 Å². The predicted octanol–water partition coefficient (Wildman–Crippen LogP) is 7.55. The molecule has 3 fully saturated rings. The first-order valence-corrected chi connectivity index (χ1v) is 15.9. The highest BCUT2D eigenvalue weighted by molar-refractivity contribution is 5.71. The summed E-state index contributed by atoms with van der Waals surface area (Å²) in [5.41, 5.74) is 6.28. The van der Waals surface area contributed by atoms with Crippen LogP contribution < -0.4 is 9.47 Å². The van der Waals surface area contributed by atoms with Crippen molar-refractivity contribution in [3.8, 4) is 22.8 Å². The van der Waals surface area contributed by atoms with Crippen molar-refractivity contribution in [3.63, 3.8) is 0 Å². The fourth-order valence-corrected chi connectivity index (χ4v) is 7.62. The standard InChI is InChI=1S/C36H41FN2O4/c1-22(35(40)41)34(24-5-6-24)26-7-4-23-9-11-31(43-32(23)17-26)25-8-10-28(29-18-33(42-2)38-19-30(29)37)27(16-25)20-39-15-3-12-36(21-39)13-14-36/h4,7-8,10,16-19,22,24,31,34H,3,5-6,9,11-15,20-21H2,1-2H3,(H,40,41)/t22-,31?,34-/m0/s1. The van der Waals surface area contributed by atoms with Gasteiger partial charge in [0.05, 0.1) is 19.2 Å². The lowest BCUT2D eigenvalue weighted by Crippen LogP contribution is -2.36. The number of halogens is 1. The van der Waals surface area contributed by atoms with Gasteiger partial charge in [0.1, 0.15) is 17.7 Å². The van der Waals surface area contributed by atoms with Crippen LogP contribution in [-0.2, 0) is 17.8 Å². The lowest BCUT2D eigenvalue weighted by atomic mass is 9.82. The first-order valence-electron chi connectivity index (χ1n) is 15.9. The van der Waals surface area contributed by atoms with Gasteiger partial charge in [0, 0.05) is 24.7 Å². The van der Waals surface area contributed by atoms with E-state index in [0.29, 0.717) is 22.8 Å². The summed E-state index contributed by atoms with van der Waals surface area (Å²) in [6.45, 7) is 4.75. The first kappa shape index (κ1) is 28.3. The Morgan fingerprint density at radius 1 is 1.14 bits per heavy atom. The number of ether oxygens (including phenoxy) is 2. The zero-order valence-corrected chi connectivity index (χ0v) is 25.2. The largest absolute Gasteiger partial charge is 0.485 e. The summed E-state index contributed by atoms with van der Waals surface area (Å²) >= 11 is 0. The van der Waals surface area contributed by atoms with E-state index in [1.165, 1.54) is 37.4 Å². The van der Waals surface area contributed by atoms with Crippen molar-refractivity contribution < 1.29 is 23.8 Å².